The topological polar surface area (TPSA) is 58.3 Å². The third-order valence-electron chi connectivity index (χ3n) is 2.32. The first-order valence-electron chi connectivity index (χ1n) is 5.17. The van der Waals surface area contributed by atoms with Crippen LogP contribution in [0.1, 0.15) is 17.5 Å². The van der Waals surface area contributed by atoms with E-state index in [4.69, 9.17) is 4.42 Å². The van der Waals surface area contributed by atoms with Crippen LogP contribution < -0.4 is 5.32 Å². The summed E-state index contributed by atoms with van der Waals surface area (Å²) >= 11 is 0. The zero-order valence-electron chi connectivity index (χ0n) is 8.84. The van der Waals surface area contributed by atoms with Gasteiger partial charge < -0.3 is 9.52 Å². The van der Waals surface area contributed by atoms with Gasteiger partial charge in [-0.2, -0.15) is 0 Å². The van der Waals surface area contributed by atoms with Gasteiger partial charge in [0.05, 0.1) is 24.6 Å². The highest BCUT2D eigenvalue weighted by Gasteiger charge is 2.12. The van der Waals surface area contributed by atoms with Gasteiger partial charge in [-0.25, -0.2) is 0 Å². The summed E-state index contributed by atoms with van der Waals surface area (Å²) in [6.45, 7) is 0.604. The summed E-state index contributed by atoms with van der Waals surface area (Å²) in [7, 11) is 0. The molecule has 0 amide bonds. The molecule has 1 atom stereocenters. The Morgan fingerprint density at radius 2 is 2.25 bits per heavy atom. The maximum absolute atomic E-state index is 9.23. The van der Waals surface area contributed by atoms with Gasteiger partial charge in [0.25, 0.3) is 0 Å². The largest absolute Gasteiger partial charge is 0.468 e. The lowest BCUT2D eigenvalue weighted by atomic mass is 10.2. The van der Waals surface area contributed by atoms with Crippen LogP contribution in [0.5, 0.6) is 0 Å². The van der Waals surface area contributed by atoms with E-state index in [9.17, 15) is 5.11 Å². The smallest absolute Gasteiger partial charge is 0.123 e. The van der Waals surface area contributed by atoms with Crippen molar-refractivity contribution in [2.45, 2.75) is 12.6 Å². The van der Waals surface area contributed by atoms with E-state index in [0.29, 0.717) is 6.54 Å². The van der Waals surface area contributed by atoms with Crippen LogP contribution in [-0.4, -0.2) is 16.7 Å². The zero-order valence-corrected chi connectivity index (χ0v) is 8.84. The predicted octanol–water partition coefficient (Wildman–Crippen LogP) is 1.50. The maximum Gasteiger partial charge on any atom is 0.123 e. The molecule has 0 aliphatic carbocycles. The third-order valence-corrected chi connectivity index (χ3v) is 2.32. The van der Waals surface area contributed by atoms with Crippen LogP contribution in [0.15, 0.2) is 47.2 Å². The number of aliphatic hydroxyl groups excluding tert-OH is 1. The molecule has 0 aliphatic heterocycles. The van der Waals surface area contributed by atoms with Gasteiger partial charge >= 0.3 is 0 Å². The first kappa shape index (κ1) is 10.9. The Labute approximate surface area is 93.9 Å². The molecular weight excluding hydrogens is 204 g/mol. The maximum atomic E-state index is 9.23. The summed E-state index contributed by atoms with van der Waals surface area (Å²) in [5.41, 5.74) is 0.938. The highest BCUT2D eigenvalue weighted by molar-refractivity contribution is 5.07. The monoisotopic (exact) mass is 218 g/mol. The number of hydrogen-bond donors (Lipinski definition) is 2. The molecule has 2 aromatic heterocycles. The van der Waals surface area contributed by atoms with Crippen molar-refractivity contribution < 1.29 is 9.52 Å². The number of nitrogens with one attached hydrogen (secondary N) is 1. The molecule has 0 saturated carbocycles. The first-order valence-corrected chi connectivity index (χ1v) is 5.17. The molecule has 2 N–H and O–H groups in total. The SMILES string of the molecule is OCC(NCc1ccccn1)c1ccco1. The highest BCUT2D eigenvalue weighted by atomic mass is 16.3. The van der Waals surface area contributed by atoms with Crippen LogP contribution in [0.4, 0.5) is 0 Å². The molecule has 4 nitrogen and oxygen atoms in total. The molecule has 2 aromatic rings. The van der Waals surface area contributed by atoms with E-state index in [1.54, 1.807) is 18.5 Å². The number of hydrogen-bond acceptors (Lipinski definition) is 4. The number of pyridine rings is 1. The van der Waals surface area contributed by atoms with E-state index in [1.165, 1.54) is 0 Å². The molecule has 4 heteroatoms. The summed E-state index contributed by atoms with van der Waals surface area (Å²) in [6, 6.07) is 9.21. The van der Waals surface area contributed by atoms with Crippen molar-refractivity contribution in [2.24, 2.45) is 0 Å². The van der Waals surface area contributed by atoms with Crippen molar-refractivity contribution in [3.8, 4) is 0 Å². The van der Waals surface area contributed by atoms with Crippen molar-refractivity contribution in [1.82, 2.24) is 10.3 Å². The quantitative estimate of drug-likeness (QED) is 0.798. The van der Waals surface area contributed by atoms with Crippen LogP contribution in [-0.2, 0) is 6.54 Å². The van der Waals surface area contributed by atoms with Crippen LogP contribution >= 0.6 is 0 Å². The number of aromatic nitrogens is 1. The van der Waals surface area contributed by atoms with E-state index in [1.807, 2.05) is 24.3 Å². The van der Waals surface area contributed by atoms with Gasteiger partial charge in [0.2, 0.25) is 0 Å². The Morgan fingerprint density at radius 3 is 2.88 bits per heavy atom. The van der Waals surface area contributed by atoms with E-state index >= 15 is 0 Å². The van der Waals surface area contributed by atoms with Crippen molar-refractivity contribution in [3.63, 3.8) is 0 Å². The second-order valence-corrected chi connectivity index (χ2v) is 3.45. The Bertz CT molecular complexity index is 400. The fourth-order valence-corrected chi connectivity index (χ4v) is 1.48. The van der Waals surface area contributed by atoms with E-state index < -0.39 is 0 Å². The lowest BCUT2D eigenvalue weighted by Crippen LogP contribution is -2.23. The molecule has 2 heterocycles. The molecule has 2 rings (SSSR count). The fourth-order valence-electron chi connectivity index (χ4n) is 1.48. The normalized spacial score (nSPS) is 12.6. The summed E-state index contributed by atoms with van der Waals surface area (Å²) in [4.78, 5) is 4.19. The first-order chi connectivity index (χ1) is 7.90. The lowest BCUT2D eigenvalue weighted by Gasteiger charge is -2.13. The Morgan fingerprint density at radius 1 is 1.31 bits per heavy atom. The van der Waals surface area contributed by atoms with Gasteiger partial charge in [-0.05, 0) is 24.3 Å². The van der Waals surface area contributed by atoms with Gasteiger partial charge in [0, 0.05) is 12.7 Å². The zero-order chi connectivity index (χ0) is 11.2. The predicted molar refractivity (Wildman–Crippen MR) is 59.6 cm³/mol. The minimum absolute atomic E-state index is 0.000344. The molecule has 0 aromatic carbocycles. The number of nitrogens with zero attached hydrogens (tertiary/aromatic N) is 1. The van der Waals surface area contributed by atoms with Gasteiger partial charge in [0.15, 0.2) is 0 Å². The van der Waals surface area contributed by atoms with E-state index in [-0.39, 0.29) is 12.6 Å². The Balaban J connectivity index is 1.94. The highest BCUT2D eigenvalue weighted by Crippen LogP contribution is 2.12. The molecule has 0 aliphatic rings. The van der Waals surface area contributed by atoms with Crippen molar-refractivity contribution in [1.29, 1.82) is 0 Å². The standard InChI is InChI=1S/C12H14N2O2/c15-9-11(12-5-3-7-16-12)14-8-10-4-1-2-6-13-10/h1-7,11,14-15H,8-9H2. The summed E-state index contributed by atoms with van der Waals surface area (Å²) < 4.78 is 5.23. The summed E-state index contributed by atoms with van der Waals surface area (Å²) in [5, 5.41) is 12.4. The molecule has 0 spiro atoms. The molecule has 0 bridgehead atoms. The average molecular weight is 218 g/mol. The molecule has 84 valence electrons. The van der Waals surface area contributed by atoms with Gasteiger partial charge in [0.1, 0.15) is 5.76 Å². The van der Waals surface area contributed by atoms with E-state index in [0.717, 1.165) is 11.5 Å². The summed E-state index contributed by atoms with van der Waals surface area (Å²) in [5.74, 6) is 0.735. The molecular formula is C12H14N2O2. The lowest BCUT2D eigenvalue weighted by molar-refractivity contribution is 0.225. The number of furan rings is 1. The van der Waals surface area contributed by atoms with Crippen molar-refractivity contribution in [2.75, 3.05) is 6.61 Å². The Kier molecular flexibility index (Phi) is 3.69. The second-order valence-electron chi connectivity index (χ2n) is 3.45. The van der Waals surface area contributed by atoms with Crippen LogP contribution in [0, 0.1) is 0 Å². The van der Waals surface area contributed by atoms with Crippen LogP contribution in [0.25, 0.3) is 0 Å². The summed E-state index contributed by atoms with van der Waals surface area (Å²) in [6.07, 6.45) is 3.35. The third kappa shape index (κ3) is 2.68. The molecule has 0 saturated heterocycles. The van der Waals surface area contributed by atoms with E-state index in [2.05, 4.69) is 10.3 Å². The second kappa shape index (κ2) is 5.44. The average Bonchev–Trinajstić information content (AvgIpc) is 2.85. The minimum Gasteiger partial charge on any atom is -0.468 e. The van der Waals surface area contributed by atoms with Crippen molar-refractivity contribution >= 4 is 0 Å². The molecule has 0 radical (unpaired) electrons. The number of aliphatic hydroxyl groups is 1. The number of rotatable bonds is 5. The van der Waals surface area contributed by atoms with Gasteiger partial charge in [-0.15, -0.1) is 0 Å². The van der Waals surface area contributed by atoms with Crippen LogP contribution in [0.2, 0.25) is 0 Å². The van der Waals surface area contributed by atoms with Crippen molar-refractivity contribution in [3.05, 3.63) is 54.2 Å². The minimum atomic E-state index is -0.183. The molecule has 16 heavy (non-hydrogen) atoms. The Hall–Kier alpha value is -1.65. The van der Waals surface area contributed by atoms with Crippen LogP contribution in [0.3, 0.4) is 0 Å². The van der Waals surface area contributed by atoms with Gasteiger partial charge in [-0.3, -0.25) is 10.3 Å². The molecule has 1 unspecified atom stereocenters. The fraction of sp³-hybridized carbons (Fsp3) is 0.250. The van der Waals surface area contributed by atoms with Gasteiger partial charge in [-0.1, -0.05) is 6.07 Å². The molecule has 0 fully saturated rings.